The summed E-state index contributed by atoms with van der Waals surface area (Å²) >= 11 is 5.71. The number of rotatable bonds is 1. The molecule has 2 aliphatic rings. The van der Waals surface area contributed by atoms with Crippen LogP contribution in [0, 0.1) is 0 Å². The largest absolute Gasteiger partial charge is 0.354 e. The first kappa shape index (κ1) is 7.17. The van der Waals surface area contributed by atoms with Gasteiger partial charge in [0.05, 0.1) is 6.04 Å². The zero-order valence-corrected chi connectivity index (χ0v) is 7.09. The Morgan fingerprint density at radius 2 is 2.64 bits per heavy atom. The van der Waals surface area contributed by atoms with E-state index in [4.69, 9.17) is 11.6 Å². The van der Waals surface area contributed by atoms with Gasteiger partial charge in [-0.3, -0.25) is 4.99 Å². The summed E-state index contributed by atoms with van der Waals surface area (Å²) < 4.78 is 0. The molecular formula is C8H11ClN2. The first-order valence-corrected chi connectivity index (χ1v) is 4.49. The summed E-state index contributed by atoms with van der Waals surface area (Å²) in [5.74, 6) is 1.77. The summed E-state index contributed by atoms with van der Waals surface area (Å²) in [7, 11) is 0. The second kappa shape index (κ2) is 2.86. The third-order valence-electron chi connectivity index (χ3n) is 2.08. The Kier molecular flexibility index (Phi) is 1.86. The molecule has 0 fully saturated rings. The molecule has 2 aliphatic heterocycles. The van der Waals surface area contributed by atoms with Crippen molar-refractivity contribution in [3.8, 4) is 0 Å². The van der Waals surface area contributed by atoms with Crippen molar-refractivity contribution < 1.29 is 0 Å². The van der Waals surface area contributed by atoms with Crippen LogP contribution in [0.1, 0.15) is 6.42 Å². The van der Waals surface area contributed by atoms with Crippen molar-refractivity contribution in [3.05, 3.63) is 12.2 Å². The maximum Gasteiger partial charge on any atom is 0.123 e. The van der Waals surface area contributed by atoms with Gasteiger partial charge in [0.2, 0.25) is 0 Å². The van der Waals surface area contributed by atoms with Gasteiger partial charge in [0.25, 0.3) is 0 Å². The van der Waals surface area contributed by atoms with E-state index >= 15 is 0 Å². The molecule has 0 spiro atoms. The van der Waals surface area contributed by atoms with Gasteiger partial charge in [-0.15, -0.1) is 11.6 Å². The predicted octanol–water partition coefficient (Wildman–Crippen LogP) is 1.27. The Bertz CT molecular complexity index is 210. The highest BCUT2D eigenvalue weighted by Gasteiger charge is 2.23. The van der Waals surface area contributed by atoms with E-state index in [-0.39, 0.29) is 0 Å². The lowest BCUT2D eigenvalue weighted by Gasteiger charge is -2.20. The molecule has 0 aliphatic carbocycles. The predicted molar refractivity (Wildman–Crippen MR) is 47.3 cm³/mol. The molecule has 2 nitrogen and oxygen atoms in total. The third kappa shape index (κ3) is 1.27. The van der Waals surface area contributed by atoms with Gasteiger partial charge in [-0.05, 0) is 12.5 Å². The van der Waals surface area contributed by atoms with Crippen molar-refractivity contribution in [3.63, 3.8) is 0 Å². The summed E-state index contributed by atoms with van der Waals surface area (Å²) in [6, 6.07) is 0.328. The van der Waals surface area contributed by atoms with Gasteiger partial charge in [-0.2, -0.15) is 0 Å². The summed E-state index contributed by atoms with van der Waals surface area (Å²) in [6.45, 7) is 2.13. The van der Waals surface area contributed by atoms with E-state index in [9.17, 15) is 0 Å². The van der Waals surface area contributed by atoms with E-state index in [1.54, 1.807) is 0 Å². The van der Waals surface area contributed by atoms with Gasteiger partial charge in [0.15, 0.2) is 0 Å². The molecule has 1 atom stereocenters. The quantitative estimate of drug-likeness (QED) is 0.542. The van der Waals surface area contributed by atoms with Crippen LogP contribution in [0.5, 0.6) is 0 Å². The lowest BCUT2D eigenvalue weighted by atomic mass is 10.2. The van der Waals surface area contributed by atoms with Gasteiger partial charge < -0.3 is 4.90 Å². The summed E-state index contributed by atoms with van der Waals surface area (Å²) in [6.07, 6.45) is 5.41. The minimum absolute atomic E-state index is 0.328. The lowest BCUT2D eigenvalue weighted by Crippen LogP contribution is -2.31. The molecule has 2 rings (SSSR count). The highest BCUT2D eigenvalue weighted by atomic mass is 35.5. The molecule has 0 radical (unpaired) electrons. The van der Waals surface area contributed by atoms with Crippen LogP contribution in [0.25, 0.3) is 0 Å². The minimum atomic E-state index is 0.328. The number of hydrogen-bond acceptors (Lipinski definition) is 2. The smallest absolute Gasteiger partial charge is 0.123 e. The highest BCUT2D eigenvalue weighted by Crippen LogP contribution is 2.15. The first-order chi connectivity index (χ1) is 5.40. The van der Waals surface area contributed by atoms with Crippen LogP contribution in [0.2, 0.25) is 0 Å². The van der Waals surface area contributed by atoms with Crippen LogP contribution >= 0.6 is 11.6 Å². The maximum atomic E-state index is 5.71. The third-order valence-corrected chi connectivity index (χ3v) is 2.44. The number of hydrogen-bond donors (Lipinski definition) is 0. The molecule has 3 heteroatoms. The minimum Gasteiger partial charge on any atom is -0.354 e. The van der Waals surface area contributed by atoms with E-state index in [2.05, 4.69) is 22.0 Å². The Labute approximate surface area is 71.6 Å². The Morgan fingerprint density at radius 3 is 3.36 bits per heavy atom. The molecular weight excluding hydrogens is 160 g/mol. The van der Waals surface area contributed by atoms with Crippen molar-refractivity contribution in [2.45, 2.75) is 12.5 Å². The van der Waals surface area contributed by atoms with Crippen LogP contribution in [0.4, 0.5) is 0 Å². The van der Waals surface area contributed by atoms with Crippen molar-refractivity contribution in [1.29, 1.82) is 0 Å². The van der Waals surface area contributed by atoms with Crippen molar-refractivity contribution in [1.82, 2.24) is 4.90 Å². The number of alkyl halides is 1. The second-order valence-electron chi connectivity index (χ2n) is 2.93. The number of aliphatic imine (C=N–C) groups is 1. The Hall–Kier alpha value is -0.500. The Morgan fingerprint density at radius 1 is 1.73 bits per heavy atom. The number of amidine groups is 1. The van der Waals surface area contributed by atoms with E-state index in [1.807, 2.05) is 0 Å². The van der Waals surface area contributed by atoms with Crippen LogP contribution in [-0.4, -0.2) is 35.7 Å². The average molecular weight is 171 g/mol. The molecule has 11 heavy (non-hydrogen) atoms. The standard InChI is InChI=1S/C8H11ClN2/c9-5-7-6-11-4-2-1-3-8(11)10-7/h1,3,7H,2,4-6H2. The van der Waals surface area contributed by atoms with E-state index in [1.165, 1.54) is 0 Å². The lowest BCUT2D eigenvalue weighted by molar-refractivity contribution is 0.435. The fourth-order valence-corrected chi connectivity index (χ4v) is 1.68. The SMILES string of the molecule is ClCC1CN2CCC=CC2=N1. The molecule has 0 N–H and O–H groups in total. The van der Waals surface area contributed by atoms with Gasteiger partial charge in [-0.1, -0.05) is 6.08 Å². The molecule has 2 heterocycles. The van der Waals surface area contributed by atoms with Crippen molar-refractivity contribution in [2.24, 2.45) is 4.99 Å². The number of halogens is 1. The molecule has 60 valence electrons. The maximum absolute atomic E-state index is 5.71. The van der Waals surface area contributed by atoms with Gasteiger partial charge >= 0.3 is 0 Å². The van der Waals surface area contributed by atoms with Gasteiger partial charge in [-0.25, -0.2) is 0 Å². The van der Waals surface area contributed by atoms with Crippen molar-refractivity contribution in [2.75, 3.05) is 19.0 Å². The molecule has 0 saturated carbocycles. The van der Waals surface area contributed by atoms with Crippen LogP contribution < -0.4 is 0 Å². The van der Waals surface area contributed by atoms with Gasteiger partial charge in [0, 0.05) is 19.0 Å². The van der Waals surface area contributed by atoms with Crippen LogP contribution in [-0.2, 0) is 0 Å². The summed E-state index contributed by atoms with van der Waals surface area (Å²) in [5, 5.41) is 0. The molecule has 0 aromatic heterocycles. The normalized spacial score (nSPS) is 28.6. The molecule has 0 aromatic carbocycles. The molecule has 1 unspecified atom stereocenters. The molecule has 0 amide bonds. The zero-order chi connectivity index (χ0) is 7.68. The zero-order valence-electron chi connectivity index (χ0n) is 6.33. The van der Waals surface area contributed by atoms with E-state index in [0.717, 1.165) is 25.3 Å². The van der Waals surface area contributed by atoms with E-state index in [0.29, 0.717) is 11.9 Å². The summed E-state index contributed by atoms with van der Waals surface area (Å²) in [5.41, 5.74) is 0. The molecule has 0 aromatic rings. The fourth-order valence-electron chi connectivity index (χ4n) is 1.51. The highest BCUT2D eigenvalue weighted by molar-refractivity contribution is 6.18. The topological polar surface area (TPSA) is 15.6 Å². The Balaban J connectivity index is 2.13. The summed E-state index contributed by atoms with van der Waals surface area (Å²) in [4.78, 5) is 6.75. The monoisotopic (exact) mass is 170 g/mol. The fraction of sp³-hybridized carbons (Fsp3) is 0.625. The molecule has 0 bridgehead atoms. The van der Waals surface area contributed by atoms with Crippen LogP contribution in [0.3, 0.4) is 0 Å². The molecule has 0 saturated heterocycles. The second-order valence-corrected chi connectivity index (χ2v) is 3.24. The van der Waals surface area contributed by atoms with E-state index < -0.39 is 0 Å². The van der Waals surface area contributed by atoms with Gasteiger partial charge in [0.1, 0.15) is 5.84 Å². The van der Waals surface area contributed by atoms with Crippen molar-refractivity contribution >= 4 is 17.4 Å². The number of fused-ring (bicyclic) bond motifs is 1. The number of nitrogens with zero attached hydrogens (tertiary/aromatic N) is 2. The van der Waals surface area contributed by atoms with Crippen LogP contribution in [0.15, 0.2) is 17.1 Å². The average Bonchev–Trinajstić information content (AvgIpc) is 2.46. The first-order valence-electron chi connectivity index (χ1n) is 3.95.